The summed E-state index contributed by atoms with van der Waals surface area (Å²) in [5, 5.41) is 0. The molecular weight excluding hydrogens is 285 g/mol. The van der Waals surface area contributed by atoms with E-state index < -0.39 is 6.04 Å². The number of fused-ring (bicyclic) bond motifs is 1. The molecule has 0 spiro atoms. The summed E-state index contributed by atoms with van der Waals surface area (Å²) in [6.07, 6.45) is 0. The van der Waals surface area contributed by atoms with Crippen LogP contribution >= 0.6 is 24.8 Å². The van der Waals surface area contributed by atoms with Crippen LogP contribution in [0.4, 0.5) is 11.4 Å². The Labute approximate surface area is 126 Å². The maximum atomic E-state index is 12.0. The van der Waals surface area contributed by atoms with Crippen LogP contribution in [0.2, 0.25) is 0 Å². The summed E-state index contributed by atoms with van der Waals surface area (Å²) in [6.45, 7) is 6.39. The number of benzene rings is 1. The smallest absolute Gasteiger partial charge is 0.243 e. The van der Waals surface area contributed by atoms with Crippen molar-refractivity contribution in [2.45, 2.75) is 19.9 Å². The van der Waals surface area contributed by atoms with E-state index in [0.717, 1.165) is 24.5 Å². The number of anilines is 2. The second-order valence-electron chi connectivity index (χ2n) is 4.35. The van der Waals surface area contributed by atoms with E-state index in [9.17, 15) is 4.79 Å². The Kier molecular flexibility index (Phi) is 7.19. The van der Waals surface area contributed by atoms with Crippen LogP contribution in [0.1, 0.15) is 13.8 Å². The van der Waals surface area contributed by atoms with Crippen LogP contribution in [0.25, 0.3) is 0 Å². The Bertz CT molecular complexity index is 426. The first kappa shape index (κ1) is 18.0. The quantitative estimate of drug-likeness (QED) is 0.910. The van der Waals surface area contributed by atoms with E-state index in [0.29, 0.717) is 6.54 Å². The second-order valence-corrected chi connectivity index (χ2v) is 4.35. The van der Waals surface area contributed by atoms with E-state index in [4.69, 9.17) is 5.73 Å². The third-order valence-corrected chi connectivity index (χ3v) is 3.14. The minimum absolute atomic E-state index is 0. The lowest BCUT2D eigenvalue weighted by Gasteiger charge is -2.37. The Morgan fingerprint density at radius 3 is 2.37 bits per heavy atom. The van der Waals surface area contributed by atoms with Gasteiger partial charge in [-0.2, -0.15) is 0 Å². The molecule has 0 aromatic heterocycles. The van der Waals surface area contributed by atoms with Gasteiger partial charge in [0.25, 0.3) is 0 Å². The number of carbonyl (C=O) groups excluding carboxylic acids is 1. The van der Waals surface area contributed by atoms with Crippen molar-refractivity contribution >= 4 is 42.1 Å². The van der Waals surface area contributed by atoms with Crippen molar-refractivity contribution in [2.24, 2.45) is 5.73 Å². The molecule has 0 fully saturated rings. The van der Waals surface area contributed by atoms with Crippen LogP contribution in [0.5, 0.6) is 0 Å². The van der Waals surface area contributed by atoms with E-state index in [1.165, 1.54) is 0 Å². The highest BCUT2D eigenvalue weighted by atomic mass is 35.5. The number of amides is 1. The molecule has 2 rings (SSSR count). The molecule has 1 heterocycles. The molecule has 0 saturated heterocycles. The van der Waals surface area contributed by atoms with Gasteiger partial charge < -0.3 is 15.5 Å². The maximum Gasteiger partial charge on any atom is 0.243 e. The summed E-state index contributed by atoms with van der Waals surface area (Å²) < 4.78 is 0. The van der Waals surface area contributed by atoms with Crippen molar-refractivity contribution in [2.75, 3.05) is 29.4 Å². The maximum absolute atomic E-state index is 12.0. The number of hydrogen-bond acceptors (Lipinski definition) is 3. The molecule has 0 aliphatic carbocycles. The van der Waals surface area contributed by atoms with Gasteiger partial charge >= 0.3 is 0 Å². The minimum atomic E-state index is -0.448. The molecule has 1 aliphatic heterocycles. The van der Waals surface area contributed by atoms with E-state index in [2.05, 4.69) is 17.9 Å². The van der Waals surface area contributed by atoms with Gasteiger partial charge in [0.1, 0.15) is 0 Å². The van der Waals surface area contributed by atoms with Gasteiger partial charge in [-0.05, 0) is 26.0 Å². The van der Waals surface area contributed by atoms with Gasteiger partial charge in [-0.15, -0.1) is 24.8 Å². The van der Waals surface area contributed by atoms with Crippen LogP contribution < -0.4 is 15.5 Å². The number of para-hydroxylation sites is 2. The number of nitrogens with two attached hydrogens (primary N) is 1. The molecule has 108 valence electrons. The van der Waals surface area contributed by atoms with Crippen LogP contribution in [0, 0.1) is 0 Å². The number of carbonyl (C=O) groups is 1. The van der Waals surface area contributed by atoms with Gasteiger partial charge in [0.15, 0.2) is 0 Å². The lowest BCUT2D eigenvalue weighted by atomic mass is 10.1. The van der Waals surface area contributed by atoms with E-state index in [1.807, 2.05) is 18.2 Å². The zero-order valence-electron chi connectivity index (χ0n) is 11.2. The lowest BCUT2D eigenvalue weighted by Crippen LogP contribution is -2.49. The average Bonchev–Trinajstić information content (AvgIpc) is 2.36. The standard InChI is InChI=1S/C13H19N3O.2ClH/c1-3-15-8-9-16(13(17)10(2)14)12-7-5-4-6-11(12)15;;/h4-7,10H,3,8-9,14H2,1-2H3;2*1H. The Morgan fingerprint density at radius 2 is 1.84 bits per heavy atom. The minimum Gasteiger partial charge on any atom is -0.368 e. The van der Waals surface area contributed by atoms with Gasteiger partial charge in [-0.1, -0.05) is 12.1 Å². The molecule has 0 bridgehead atoms. The van der Waals surface area contributed by atoms with Crippen LogP contribution in [0.3, 0.4) is 0 Å². The van der Waals surface area contributed by atoms with Gasteiger partial charge in [0.2, 0.25) is 5.91 Å². The fourth-order valence-electron chi connectivity index (χ4n) is 2.22. The molecule has 1 amide bonds. The third kappa shape index (κ3) is 3.53. The van der Waals surface area contributed by atoms with E-state index >= 15 is 0 Å². The molecule has 1 aromatic carbocycles. The van der Waals surface area contributed by atoms with Gasteiger partial charge in [-0.25, -0.2) is 0 Å². The van der Waals surface area contributed by atoms with Crippen molar-refractivity contribution in [3.8, 4) is 0 Å². The molecule has 1 aliphatic rings. The van der Waals surface area contributed by atoms with Crippen LogP contribution in [-0.4, -0.2) is 31.6 Å². The molecule has 4 nitrogen and oxygen atoms in total. The predicted octanol–water partition coefficient (Wildman–Crippen LogP) is 2.05. The first-order valence-electron chi connectivity index (χ1n) is 6.06. The zero-order valence-corrected chi connectivity index (χ0v) is 12.8. The first-order chi connectivity index (χ1) is 8.15. The third-order valence-electron chi connectivity index (χ3n) is 3.14. The Hall–Kier alpha value is -0.970. The van der Waals surface area contributed by atoms with Crippen LogP contribution in [-0.2, 0) is 4.79 Å². The zero-order chi connectivity index (χ0) is 12.4. The molecule has 19 heavy (non-hydrogen) atoms. The second kappa shape index (κ2) is 7.58. The van der Waals surface area contributed by atoms with E-state index in [-0.39, 0.29) is 30.7 Å². The summed E-state index contributed by atoms with van der Waals surface area (Å²) >= 11 is 0. The SMILES string of the molecule is CCN1CCN(C(=O)C(C)N)c2ccccc21.Cl.Cl. The summed E-state index contributed by atoms with van der Waals surface area (Å²) in [6, 6.07) is 7.55. The van der Waals surface area contributed by atoms with E-state index in [1.54, 1.807) is 11.8 Å². The highest BCUT2D eigenvalue weighted by molar-refractivity contribution is 6.00. The average molecular weight is 306 g/mol. The summed E-state index contributed by atoms with van der Waals surface area (Å²) in [5.41, 5.74) is 7.78. The number of rotatable bonds is 2. The summed E-state index contributed by atoms with van der Waals surface area (Å²) in [7, 11) is 0. The normalized spacial score (nSPS) is 14.9. The highest BCUT2D eigenvalue weighted by Crippen LogP contribution is 2.32. The van der Waals surface area contributed by atoms with Crippen molar-refractivity contribution in [1.82, 2.24) is 0 Å². The van der Waals surface area contributed by atoms with Gasteiger partial charge in [0, 0.05) is 19.6 Å². The molecule has 1 atom stereocenters. The summed E-state index contributed by atoms with van der Waals surface area (Å²) in [5.74, 6) is -0.00629. The molecule has 2 N–H and O–H groups in total. The molecule has 1 aromatic rings. The Balaban J connectivity index is 0.00000162. The molecule has 6 heteroatoms. The summed E-state index contributed by atoms with van der Waals surface area (Å²) in [4.78, 5) is 16.1. The van der Waals surface area contributed by atoms with Crippen molar-refractivity contribution < 1.29 is 4.79 Å². The van der Waals surface area contributed by atoms with Crippen molar-refractivity contribution in [3.63, 3.8) is 0 Å². The first-order valence-corrected chi connectivity index (χ1v) is 6.06. The predicted molar refractivity (Wildman–Crippen MR) is 84.8 cm³/mol. The fraction of sp³-hybridized carbons (Fsp3) is 0.462. The van der Waals surface area contributed by atoms with Gasteiger partial charge in [0.05, 0.1) is 17.4 Å². The number of nitrogens with zero attached hydrogens (tertiary/aromatic N) is 2. The van der Waals surface area contributed by atoms with Crippen molar-refractivity contribution in [3.05, 3.63) is 24.3 Å². The topological polar surface area (TPSA) is 49.6 Å². The molecule has 1 unspecified atom stereocenters. The fourth-order valence-corrected chi connectivity index (χ4v) is 2.22. The van der Waals surface area contributed by atoms with Crippen LogP contribution in [0.15, 0.2) is 24.3 Å². The Morgan fingerprint density at radius 1 is 1.26 bits per heavy atom. The highest BCUT2D eigenvalue weighted by Gasteiger charge is 2.27. The molecule has 0 radical (unpaired) electrons. The lowest BCUT2D eigenvalue weighted by molar-refractivity contribution is -0.119. The largest absolute Gasteiger partial charge is 0.368 e. The van der Waals surface area contributed by atoms with Crippen molar-refractivity contribution in [1.29, 1.82) is 0 Å². The van der Waals surface area contributed by atoms with Gasteiger partial charge in [-0.3, -0.25) is 4.79 Å². The number of halogens is 2. The number of hydrogen-bond donors (Lipinski definition) is 1. The molecule has 0 saturated carbocycles. The number of likely N-dealkylation sites (N-methyl/N-ethyl adjacent to an activating group) is 1. The molecular formula is C13H21Cl2N3O. The monoisotopic (exact) mass is 305 g/mol.